The first kappa shape index (κ1) is 14.8. The fourth-order valence-electron chi connectivity index (χ4n) is 3.15. The molecule has 0 spiro atoms. The molecule has 1 aromatic rings. The predicted molar refractivity (Wildman–Crippen MR) is 84.8 cm³/mol. The van der Waals surface area contributed by atoms with Crippen LogP contribution in [0.25, 0.3) is 0 Å². The SMILES string of the molecule is O=C(Nc1csc(N2CCCCC2)n1)C1(O)CCCCC1. The molecule has 21 heavy (non-hydrogen) atoms. The molecule has 1 aliphatic carbocycles. The molecule has 0 aromatic carbocycles. The van der Waals surface area contributed by atoms with Gasteiger partial charge < -0.3 is 15.3 Å². The minimum atomic E-state index is -1.20. The predicted octanol–water partition coefficient (Wildman–Crippen LogP) is 2.77. The number of carbonyl (C=O) groups is 1. The van der Waals surface area contributed by atoms with Gasteiger partial charge in [-0.15, -0.1) is 11.3 Å². The Labute approximate surface area is 129 Å². The van der Waals surface area contributed by atoms with E-state index in [9.17, 15) is 9.90 Å². The van der Waals surface area contributed by atoms with Crippen LogP contribution in [0.3, 0.4) is 0 Å². The third kappa shape index (κ3) is 3.37. The number of aromatic nitrogens is 1. The van der Waals surface area contributed by atoms with Crippen molar-refractivity contribution in [3.05, 3.63) is 5.38 Å². The van der Waals surface area contributed by atoms with Crippen molar-refractivity contribution in [3.8, 4) is 0 Å². The van der Waals surface area contributed by atoms with Gasteiger partial charge in [-0.2, -0.15) is 0 Å². The summed E-state index contributed by atoms with van der Waals surface area (Å²) in [6.45, 7) is 2.09. The zero-order chi connectivity index (χ0) is 14.7. The zero-order valence-electron chi connectivity index (χ0n) is 12.3. The number of nitrogens with zero attached hydrogens (tertiary/aromatic N) is 2. The van der Waals surface area contributed by atoms with Crippen molar-refractivity contribution in [3.63, 3.8) is 0 Å². The van der Waals surface area contributed by atoms with E-state index in [0.717, 1.165) is 37.5 Å². The van der Waals surface area contributed by atoms with Gasteiger partial charge >= 0.3 is 0 Å². The fourth-order valence-corrected chi connectivity index (χ4v) is 3.96. The Hall–Kier alpha value is -1.14. The molecule has 2 N–H and O–H groups in total. The molecule has 0 atom stereocenters. The van der Waals surface area contributed by atoms with Gasteiger partial charge in [0, 0.05) is 18.5 Å². The number of nitrogens with one attached hydrogen (secondary N) is 1. The second kappa shape index (κ2) is 6.32. The maximum absolute atomic E-state index is 12.3. The van der Waals surface area contributed by atoms with E-state index in [2.05, 4.69) is 15.2 Å². The molecule has 2 aliphatic rings. The van der Waals surface area contributed by atoms with Gasteiger partial charge in [-0.3, -0.25) is 4.79 Å². The van der Waals surface area contributed by atoms with Gasteiger partial charge in [-0.05, 0) is 32.1 Å². The van der Waals surface area contributed by atoms with Crippen molar-refractivity contribution in [2.45, 2.75) is 57.0 Å². The monoisotopic (exact) mass is 309 g/mol. The van der Waals surface area contributed by atoms with E-state index < -0.39 is 5.60 Å². The van der Waals surface area contributed by atoms with E-state index in [4.69, 9.17) is 0 Å². The Balaban J connectivity index is 1.62. The maximum atomic E-state index is 12.3. The summed E-state index contributed by atoms with van der Waals surface area (Å²) in [5.74, 6) is 0.280. The molecule has 0 radical (unpaired) electrons. The molecule has 1 saturated heterocycles. The first-order valence-corrected chi connectivity index (χ1v) is 8.80. The summed E-state index contributed by atoms with van der Waals surface area (Å²) in [7, 11) is 0. The summed E-state index contributed by atoms with van der Waals surface area (Å²) in [6, 6.07) is 0. The van der Waals surface area contributed by atoms with Crippen molar-refractivity contribution in [1.29, 1.82) is 0 Å². The summed E-state index contributed by atoms with van der Waals surface area (Å²) >= 11 is 1.56. The lowest BCUT2D eigenvalue weighted by atomic mass is 9.84. The van der Waals surface area contributed by atoms with Crippen LogP contribution in [0.2, 0.25) is 0 Å². The molecule has 1 amide bonds. The molecule has 116 valence electrons. The number of piperidine rings is 1. The number of rotatable bonds is 3. The summed E-state index contributed by atoms with van der Waals surface area (Å²) < 4.78 is 0. The minimum Gasteiger partial charge on any atom is -0.380 e. The molecule has 5 nitrogen and oxygen atoms in total. The Morgan fingerprint density at radius 3 is 2.57 bits per heavy atom. The Morgan fingerprint density at radius 2 is 1.86 bits per heavy atom. The highest BCUT2D eigenvalue weighted by Crippen LogP contribution is 2.30. The highest BCUT2D eigenvalue weighted by Gasteiger charge is 2.37. The van der Waals surface area contributed by atoms with E-state index in [0.29, 0.717) is 18.7 Å². The normalized spacial score (nSPS) is 22.0. The Morgan fingerprint density at radius 1 is 1.19 bits per heavy atom. The van der Waals surface area contributed by atoms with Gasteiger partial charge in [-0.25, -0.2) is 4.98 Å². The quantitative estimate of drug-likeness (QED) is 0.901. The number of hydrogen-bond acceptors (Lipinski definition) is 5. The average Bonchev–Trinajstić information content (AvgIpc) is 2.97. The van der Waals surface area contributed by atoms with Crippen molar-refractivity contribution in [1.82, 2.24) is 4.98 Å². The van der Waals surface area contributed by atoms with Crippen molar-refractivity contribution in [2.75, 3.05) is 23.3 Å². The van der Waals surface area contributed by atoms with E-state index >= 15 is 0 Å². The largest absolute Gasteiger partial charge is 0.380 e. The second-order valence-corrected chi connectivity index (χ2v) is 6.95. The maximum Gasteiger partial charge on any atom is 0.257 e. The molecule has 1 saturated carbocycles. The van der Waals surface area contributed by atoms with Gasteiger partial charge in [0.2, 0.25) is 0 Å². The zero-order valence-corrected chi connectivity index (χ0v) is 13.1. The third-order valence-corrected chi connectivity index (χ3v) is 5.37. The topological polar surface area (TPSA) is 65.5 Å². The lowest BCUT2D eigenvalue weighted by molar-refractivity contribution is -0.137. The van der Waals surface area contributed by atoms with Crippen LogP contribution in [0.5, 0.6) is 0 Å². The summed E-state index contributed by atoms with van der Waals surface area (Å²) in [5, 5.41) is 16.0. The lowest BCUT2D eigenvalue weighted by Gasteiger charge is -2.30. The number of anilines is 2. The molecular formula is C15H23N3O2S. The summed E-state index contributed by atoms with van der Waals surface area (Å²) in [5.41, 5.74) is -1.20. The third-order valence-electron chi connectivity index (χ3n) is 4.46. The molecule has 1 aromatic heterocycles. The summed E-state index contributed by atoms with van der Waals surface area (Å²) in [4.78, 5) is 19.0. The molecule has 3 rings (SSSR count). The highest BCUT2D eigenvalue weighted by atomic mass is 32.1. The van der Waals surface area contributed by atoms with E-state index in [1.54, 1.807) is 11.3 Å². The van der Waals surface area contributed by atoms with Crippen LogP contribution >= 0.6 is 11.3 Å². The van der Waals surface area contributed by atoms with Gasteiger partial charge in [-0.1, -0.05) is 19.3 Å². The van der Waals surface area contributed by atoms with Gasteiger partial charge in [0.05, 0.1) is 0 Å². The first-order chi connectivity index (χ1) is 10.2. The average molecular weight is 309 g/mol. The molecule has 1 aliphatic heterocycles. The van der Waals surface area contributed by atoms with Crippen LogP contribution < -0.4 is 10.2 Å². The van der Waals surface area contributed by atoms with Crippen LogP contribution in [0.15, 0.2) is 5.38 Å². The lowest BCUT2D eigenvalue weighted by Crippen LogP contribution is -2.44. The Kier molecular flexibility index (Phi) is 4.45. The molecule has 0 bridgehead atoms. The van der Waals surface area contributed by atoms with E-state index in [1.165, 1.54) is 19.3 Å². The first-order valence-electron chi connectivity index (χ1n) is 7.92. The van der Waals surface area contributed by atoms with Gasteiger partial charge in [0.1, 0.15) is 11.4 Å². The van der Waals surface area contributed by atoms with Crippen LogP contribution in [0, 0.1) is 0 Å². The second-order valence-electron chi connectivity index (χ2n) is 6.11. The number of amides is 1. The molecule has 2 heterocycles. The minimum absolute atomic E-state index is 0.294. The fraction of sp³-hybridized carbons (Fsp3) is 0.733. The van der Waals surface area contributed by atoms with Crippen molar-refractivity contribution >= 4 is 28.2 Å². The van der Waals surface area contributed by atoms with Gasteiger partial charge in [0.15, 0.2) is 5.13 Å². The van der Waals surface area contributed by atoms with Crippen molar-refractivity contribution in [2.24, 2.45) is 0 Å². The smallest absolute Gasteiger partial charge is 0.257 e. The van der Waals surface area contributed by atoms with Crippen LogP contribution in [0.1, 0.15) is 51.4 Å². The Bertz CT molecular complexity index is 491. The van der Waals surface area contributed by atoms with E-state index in [-0.39, 0.29) is 5.91 Å². The van der Waals surface area contributed by atoms with Crippen LogP contribution in [-0.4, -0.2) is 34.7 Å². The molecule has 0 unspecified atom stereocenters. The molecule has 6 heteroatoms. The number of thiazole rings is 1. The standard InChI is InChI=1S/C15H23N3O2S/c19-13(15(20)7-3-1-4-8-15)16-12-11-21-14(17-12)18-9-5-2-6-10-18/h11,20H,1-10H2,(H,16,19). The number of carbonyl (C=O) groups excluding carboxylic acids is 1. The molecule has 2 fully saturated rings. The van der Waals surface area contributed by atoms with Crippen molar-refractivity contribution < 1.29 is 9.90 Å². The van der Waals surface area contributed by atoms with Gasteiger partial charge in [0.25, 0.3) is 5.91 Å². The number of hydrogen-bond donors (Lipinski definition) is 2. The van der Waals surface area contributed by atoms with Crippen LogP contribution in [-0.2, 0) is 4.79 Å². The van der Waals surface area contributed by atoms with E-state index in [1.807, 2.05) is 5.38 Å². The summed E-state index contributed by atoms with van der Waals surface area (Å²) in [6.07, 6.45) is 7.76. The van der Waals surface area contributed by atoms with Crippen LogP contribution in [0.4, 0.5) is 10.9 Å². The highest BCUT2D eigenvalue weighted by molar-refractivity contribution is 7.14. The number of aliphatic hydroxyl groups is 1. The molecular weight excluding hydrogens is 286 g/mol.